The smallest absolute Gasteiger partial charge is 0.453 e. The van der Waals surface area contributed by atoms with Crippen molar-refractivity contribution < 1.29 is 45.4 Å². The van der Waals surface area contributed by atoms with E-state index in [4.69, 9.17) is 16.3 Å². The molecule has 2 aromatic carbocycles. The molecule has 2 aromatic rings. The highest BCUT2D eigenvalue weighted by Gasteiger charge is 2.36. The maximum absolute atomic E-state index is 13.2. The van der Waals surface area contributed by atoms with Crippen LogP contribution in [0.4, 0.5) is 31.1 Å². The molecule has 164 valence electrons. The van der Waals surface area contributed by atoms with Crippen molar-refractivity contribution in [2.45, 2.75) is 12.5 Å². The topological polar surface area (TPSA) is 64.6 Å². The average molecular weight is 484 g/mol. The summed E-state index contributed by atoms with van der Waals surface area (Å²) in [5.41, 5.74) is -1.30. The number of hydrogen-bond donors (Lipinski definition) is 1. The molecule has 0 unspecified atom stereocenters. The molecule has 0 radical (unpaired) electrons. The molecule has 0 aromatic heterocycles. The van der Waals surface area contributed by atoms with E-state index in [-0.39, 0.29) is 15.5 Å². The molecular formula is C18H8ClF6NO4S. The van der Waals surface area contributed by atoms with Crippen LogP contribution >= 0.6 is 23.4 Å². The van der Waals surface area contributed by atoms with Crippen LogP contribution in [0.2, 0.25) is 5.02 Å². The number of alkyl halides is 6. The second-order valence-electron chi connectivity index (χ2n) is 5.85. The molecule has 0 aliphatic carbocycles. The van der Waals surface area contributed by atoms with Crippen LogP contribution < -0.4 is 14.8 Å². The molecule has 5 nitrogen and oxygen atoms in total. The number of carbonyl (C=O) groups excluding carboxylic acids is 2. The van der Waals surface area contributed by atoms with Gasteiger partial charge < -0.3 is 9.47 Å². The molecular weight excluding hydrogens is 476 g/mol. The number of imide groups is 1. The van der Waals surface area contributed by atoms with E-state index in [1.807, 2.05) is 5.32 Å². The Kier molecular flexibility index (Phi) is 6.14. The maximum atomic E-state index is 13.2. The first-order chi connectivity index (χ1) is 14.3. The Bertz CT molecular complexity index is 1080. The molecule has 0 saturated carbocycles. The number of halogens is 7. The summed E-state index contributed by atoms with van der Waals surface area (Å²) in [6.45, 7) is 0. The number of ether oxygens (including phenoxy) is 2. The number of amides is 2. The summed E-state index contributed by atoms with van der Waals surface area (Å²) in [4.78, 5) is 22.7. The Morgan fingerprint density at radius 1 is 0.935 bits per heavy atom. The lowest BCUT2D eigenvalue weighted by Crippen LogP contribution is -2.18. The largest absolute Gasteiger partial charge is 0.573 e. The molecule has 2 amide bonds. The van der Waals surface area contributed by atoms with Gasteiger partial charge in [-0.15, -0.1) is 13.2 Å². The zero-order chi connectivity index (χ0) is 23.0. The molecule has 1 aliphatic rings. The Morgan fingerprint density at radius 3 is 2.19 bits per heavy atom. The minimum Gasteiger partial charge on any atom is -0.453 e. The normalized spacial score (nSPS) is 15.9. The van der Waals surface area contributed by atoms with Crippen molar-refractivity contribution in [2.24, 2.45) is 0 Å². The van der Waals surface area contributed by atoms with Crippen LogP contribution in [0.3, 0.4) is 0 Å². The van der Waals surface area contributed by atoms with Gasteiger partial charge in [0.15, 0.2) is 11.5 Å². The summed E-state index contributed by atoms with van der Waals surface area (Å²) >= 11 is 6.10. The zero-order valence-corrected chi connectivity index (χ0v) is 16.3. The number of hydrogen-bond acceptors (Lipinski definition) is 5. The lowest BCUT2D eigenvalue weighted by molar-refractivity contribution is -0.275. The van der Waals surface area contributed by atoms with Gasteiger partial charge in [0, 0.05) is 5.02 Å². The van der Waals surface area contributed by atoms with E-state index in [2.05, 4.69) is 4.74 Å². The monoisotopic (exact) mass is 483 g/mol. The molecule has 1 heterocycles. The minimum absolute atomic E-state index is 0.00565. The molecule has 1 N–H and O–H groups in total. The first-order valence-corrected chi connectivity index (χ1v) is 9.20. The number of carbonyl (C=O) groups is 2. The molecule has 31 heavy (non-hydrogen) atoms. The van der Waals surface area contributed by atoms with E-state index in [1.165, 1.54) is 6.07 Å². The van der Waals surface area contributed by atoms with E-state index >= 15 is 0 Å². The molecule has 0 atom stereocenters. The van der Waals surface area contributed by atoms with E-state index in [0.717, 1.165) is 30.3 Å². The number of benzene rings is 2. The first kappa shape index (κ1) is 22.8. The van der Waals surface area contributed by atoms with E-state index < -0.39 is 46.5 Å². The standard InChI is InChI=1S/C18H8ClF6NO4S/c19-9-2-4-11(10(7-9)17(20,21)22)29-12-3-1-8(5-13(12)30-18(23,24)25)6-14-15(27)26-16(28)31-14/h1-7H,(H,26,27,28)/b14-6-. The predicted molar refractivity (Wildman–Crippen MR) is 98.8 cm³/mol. The van der Waals surface area contributed by atoms with Crippen molar-refractivity contribution in [3.63, 3.8) is 0 Å². The summed E-state index contributed by atoms with van der Waals surface area (Å²) in [5.74, 6) is -3.18. The van der Waals surface area contributed by atoms with Gasteiger partial charge in [-0.2, -0.15) is 13.2 Å². The van der Waals surface area contributed by atoms with Crippen molar-refractivity contribution >= 4 is 40.6 Å². The second kappa shape index (κ2) is 8.35. The summed E-state index contributed by atoms with van der Waals surface area (Å²) in [7, 11) is 0. The molecule has 0 bridgehead atoms. The van der Waals surface area contributed by atoms with Crippen LogP contribution in [-0.2, 0) is 11.0 Å². The molecule has 1 fully saturated rings. The van der Waals surface area contributed by atoms with Crippen LogP contribution in [0.15, 0.2) is 41.3 Å². The van der Waals surface area contributed by atoms with Gasteiger partial charge in [-0.05, 0) is 53.7 Å². The van der Waals surface area contributed by atoms with Gasteiger partial charge in [-0.3, -0.25) is 14.9 Å². The van der Waals surface area contributed by atoms with Crippen LogP contribution in [-0.4, -0.2) is 17.5 Å². The third kappa shape index (κ3) is 5.85. The second-order valence-corrected chi connectivity index (χ2v) is 7.30. The SMILES string of the molecule is O=C1NC(=O)/C(=C/c2ccc(Oc3ccc(Cl)cc3C(F)(F)F)c(OC(F)(F)F)c2)S1. The molecule has 1 aliphatic heterocycles. The van der Waals surface area contributed by atoms with Gasteiger partial charge in [-0.25, -0.2) is 0 Å². The maximum Gasteiger partial charge on any atom is 0.573 e. The van der Waals surface area contributed by atoms with E-state index in [9.17, 15) is 35.9 Å². The van der Waals surface area contributed by atoms with E-state index in [1.54, 1.807) is 0 Å². The van der Waals surface area contributed by atoms with Crippen LogP contribution in [0.1, 0.15) is 11.1 Å². The molecule has 3 rings (SSSR count). The van der Waals surface area contributed by atoms with Crippen molar-refractivity contribution in [1.82, 2.24) is 5.32 Å². The minimum atomic E-state index is -5.19. The Hall–Kier alpha value is -2.86. The van der Waals surface area contributed by atoms with Gasteiger partial charge in [0.1, 0.15) is 5.75 Å². The van der Waals surface area contributed by atoms with Crippen LogP contribution in [0.5, 0.6) is 17.2 Å². The van der Waals surface area contributed by atoms with Crippen molar-refractivity contribution in [2.75, 3.05) is 0 Å². The fourth-order valence-corrected chi connectivity index (χ4v) is 3.26. The van der Waals surface area contributed by atoms with Crippen molar-refractivity contribution in [3.05, 3.63) is 57.5 Å². The van der Waals surface area contributed by atoms with Crippen molar-refractivity contribution in [3.8, 4) is 17.2 Å². The van der Waals surface area contributed by atoms with E-state index in [0.29, 0.717) is 17.8 Å². The van der Waals surface area contributed by atoms with Gasteiger partial charge in [0.05, 0.1) is 10.5 Å². The lowest BCUT2D eigenvalue weighted by Gasteiger charge is -2.17. The van der Waals surface area contributed by atoms with Crippen molar-refractivity contribution in [1.29, 1.82) is 0 Å². The van der Waals surface area contributed by atoms with Gasteiger partial charge >= 0.3 is 12.5 Å². The summed E-state index contributed by atoms with van der Waals surface area (Å²) in [6, 6.07) is 5.39. The Labute approximate surface area is 179 Å². The highest BCUT2D eigenvalue weighted by molar-refractivity contribution is 8.18. The Morgan fingerprint density at radius 2 is 1.61 bits per heavy atom. The average Bonchev–Trinajstić information content (AvgIpc) is 2.93. The van der Waals surface area contributed by atoms with Gasteiger partial charge in [0.2, 0.25) is 0 Å². The fraction of sp³-hybridized carbons (Fsp3) is 0.111. The number of thioether (sulfide) groups is 1. The summed E-state index contributed by atoms with van der Waals surface area (Å²) in [5, 5.41) is 1.06. The number of rotatable bonds is 4. The fourth-order valence-electron chi connectivity index (χ4n) is 2.41. The molecule has 0 spiro atoms. The van der Waals surface area contributed by atoms with Gasteiger partial charge in [0.25, 0.3) is 11.1 Å². The lowest BCUT2D eigenvalue weighted by atomic mass is 10.1. The van der Waals surface area contributed by atoms with Gasteiger partial charge in [-0.1, -0.05) is 17.7 Å². The summed E-state index contributed by atoms with van der Waals surface area (Å²) < 4.78 is 87.1. The quantitative estimate of drug-likeness (QED) is 0.404. The first-order valence-electron chi connectivity index (χ1n) is 8.01. The Balaban J connectivity index is 2.02. The highest BCUT2D eigenvalue weighted by Crippen LogP contribution is 2.43. The number of nitrogens with one attached hydrogen (secondary N) is 1. The van der Waals surface area contributed by atoms with Crippen LogP contribution in [0.25, 0.3) is 6.08 Å². The zero-order valence-electron chi connectivity index (χ0n) is 14.7. The predicted octanol–water partition coefficient (Wildman–Crippen LogP) is 6.37. The summed E-state index contributed by atoms with van der Waals surface area (Å²) in [6.07, 6.45) is -8.97. The molecule has 13 heteroatoms. The van der Waals surface area contributed by atoms with Crippen LogP contribution in [0, 0.1) is 0 Å². The molecule has 1 saturated heterocycles. The third-order valence-electron chi connectivity index (χ3n) is 3.60. The highest BCUT2D eigenvalue weighted by atomic mass is 35.5. The third-order valence-corrected chi connectivity index (χ3v) is 4.65.